The highest BCUT2D eigenvalue weighted by molar-refractivity contribution is 5.48. The van der Waals surface area contributed by atoms with Gasteiger partial charge in [-0.15, -0.1) is 0 Å². The van der Waals surface area contributed by atoms with Crippen LogP contribution >= 0.6 is 0 Å². The van der Waals surface area contributed by atoms with Crippen molar-refractivity contribution in [2.75, 3.05) is 13.7 Å². The first-order chi connectivity index (χ1) is 8.79. The second-order valence-corrected chi connectivity index (χ2v) is 5.96. The first-order valence-electron chi connectivity index (χ1n) is 6.43. The summed E-state index contributed by atoms with van der Waals surface area (Å²) in [4.78, 5) is 10.3. The minimum atomic E-state index is 0.0103. The fourth-order valence-electron chi connectivity index (χ4n) is 2.21. The van der Waals surface area contributed by atoms with Crippen LogP contribution in [0.3, 0.4) is 0 Å². The van der Waals surface area contributed by atoms with E-state index in [1.807, 2.05) is 6.92 Å². The third kappa shape index (κ3) is 3.91. The van der Waals surface area contributed by atoms with Crippen LogP contribution in [0.25, 0.3) is 0 Å². The number of nitrogens with zero attached hydrogens (tertiary/aromatic N) is 1. The summed E-state index contributed by atoms with van der Waals surface area (Å²) in [6.07, 6.45) is 0.680. The second-order valence-electron chi connectivity index (χ2n) is 5.96. The summed E-state index contributed by atoms with van der Waals surface area (Å²) in [6, 6.07) is 4.23. The van der Waals surface area contributed by atoms with Crippen molar-refractivity contribution >= 4 is 0 Å². The van der Waals surface area contributed by atoms with E-state index < -0.39 is 0 Å². The van der Waals surface area contributed by atoms with Gasteiger partial charge in [0.2, 0.25) is 0 Å². The lowest BCUT2D eigenvalue weighted by Crippen LogP contribution is -2.14. The van der Waals surface area contributed by atoms with Crippen LogP contribution in [0.5, 0.6) is 5.75 Å². The zero-order chi connectivity index (χ0) is 14.6. The van der Waals surface area contributed by atoms with Crippen LogP contribution in [0.15, 0.2) is 29.5 Å². The maximum absolute atomic E-state index is 10.3. The Bertz CT molecular complexity index is 484. The normalized spacial score (nSPS) is 11.2. The summed E-state index contributed by atoms with van der Waals surface area (Å²) in [5, 5.41) is 2.88. The average Bonchev–Trinajstić information content (AvgIpc) is 2.27. The zero-order valence-electron chi connectivity index (χ0n) is 12.5. The first-order valence-corrected chi connectivity index (χ1v) is 6.43. The molecule has 1 aromatic carbocycles. The summed E-state index contributed by atoms with van der Waals surface area (Å²) in [5.74, 6) is 0.940. The predicted octanol–water partition coefficient (Wildman–Crippen LogP) is 4.17. The third-order valence-electron chi connectivity index (χ3n) is 3.09. The average molecular weight is 261 g/mol. The van der Waals surface area contributed by atoms with Gasteiger partial charge in [-0.25, -0.2) is 0 Å². The molecule has 0 bridgehead atoms. The molecule has 0 aliphatic heterocycles. The molecule has 0 N–H and O–H groups in total. The van der Waals surface area contributed by atoms with Crippen molar-refractivity contribution in [1.29, 1.82) is 0 Å². The Labute approximate surface area is 115 Å². The number of aryl methyl sites for hydroxylation is 1. The lowest BCUT2D eigenvalue weighted by atomic mass is 9.83. The molecule has 0 aliphatic carbocycles. The van der Waals surface area contributed by atoms with Gasteiger partial charge >= 0.3 is 0 Å². The molecule has 1 rings (SSSR count). The van der Waals surface area contributed by atoms with E-state index in [-0.39, 0.29) is 12.0 Å². The topological polar surface area (TPSA) is 38.7 Å². The maximum atomic E-state index is 10.3. The van der Waals surface area contributed by atoms with Gasteiger partial charge in [0, 0.05) is 5.56 Å². The summed E-state index contributed by atoms with van der Waals surface area (Å²) in [5.41, 5.74) is 4.28. The predicted molar refractivity (Wildman–Crippen MR) is 79.9 cm³/mol. The molecular formula is C16H23NO2. The van der Waals surface area contributed by atoms with Gasteiger partial charge in [0.15, 0.2) is 0 Å². The van der Waals surface area contributed by atoms with Crippen molar-refractivity contribution in [3.8, 4) is 5.75 Å². The van der Waals surface area contributed by atoms with Crippen molar-refractivity contribution in [2.45, 2.75) is 39.5 Å². The van der Waals surface area contributed by atoms with Gasteiger partial charge in [0.1, 0.15) is 12.3 Å². The van der Waals surface area contributed by atoms with E-state index in [0.717, 1.165) is 22.4 Å². The molecule has 19 heavy (non-hydrogen) atoms. The van der Waals surface area contributed by atoms with Gasteiger partial charge < -0.3 is 4.74 Å². The highest BCUT2D eigenvalue weighted by Gasteiger charge is 2.21. The Morgan fingerprint density at radius 2 is 2.00 bits per heavy atom. The molecule has 0 amide bonds. The lowest BCUT2D eigenvalue weighted by Gasteiger charge is -2.24. The van der Waals surface area contributed by atoms with Gasteiger partial charge in [0.05, 0.1) is 7.11 Å². The molecule has 0 fully saturated rings. The van der Waals surface area contributed by atoms with Crippen molar-refractivity contribution < 1.29 is 4.74 Å². The van der Waals surface area contributed by atoms with E-state index >= 15 is 0 Å². The molecule has 0 unspecified atom stereocenters. The fourth-order valence-corrected chi connectivity index (χ4v) is 2.21. The molecule has 0 radical (unpaired) electrons. The Kier molecular flexibility index (Phi) is 4.87. The molecule has 104 valence electrons. The number of ether oxygens (including phenoxy) is 1. The molecule has 0 spiro atoms. The summed E-state index contributed by atoms with van der Waals surface area (Å²) >= 11 is 0. The Hall–Kier alpha value is -1.64. The largest absolute Gasteiger partial charge is 0.496 e. The second kappa shape index (κ2) is 6.00. The van der Waals surface area contributed by atoms with Gasteiger partial charge in [-0.1, -0.05) is 44.7 Å². The number of methoxy groups -OCH3 is 1. The van der Waals surface area contributed by atoms with E-state index in [4.69, 9.17) is 4.74 Å². The molecule has 3 heteroatoms. The van der Waals surface area contributed by atoms with Crippen molar-refractivity contribution in [1.82, 2.24) is 0 Å². The smallest absolute Gasteiger partial charge is 0.125 e. The molecule has 0 atom stereocenters. The summed E-state index contributed by atoms with van der Waals surface area (Å²) < 4.78 is 5.52. The Morgan fingerprint density at radius 3 is 2.47 bits per heavy atom. The van der Waals surface area contributed by atoms with Gasteiger partial charge in [-0.2, -0.15) is 4.91 Å². The fraction of sp³-hybridized carbons (Fsp3) is 0.500. The first kappa shape index (κ1) is 15.4. The number of hydrogen-bond donors (Lipinski definition) is 0. The molecule has 0 aliphatic rings. The molecule has 0 heterocycles. The van der Waals surface area contributed by atoms with Crippen molar-refractivity contribution in [3.05, 3.63) is 45.9 Å². The van der Waals surface area contributed by atoms with Crippen LogP contribution < -0.4 is 4.74 Å². The van der Waals surface area contributed by atoms with E-state index in [2.05, 4.69) is 44.7 Å². The van der Waals surface area contributed by atoms with Crippen LogP contribution in [0, 0.1) is 11.8 Å². The van der Waals surface area contributed by atoms with Crippen LogP contribution in [-0.4, -0.2) is 13.7 Å². The quantitative estimate of drug-likeness (QED) is 0.589. The molecular weight excluding hydrogens is 238 g/mol. The van der Waals surface area contributed by atoms with E-state index in [0.29, 0.717) is 6.42 Å². The number of benzene rings is 1. The molecule has 1 aromatic rings. The lowest BCUT2D eigenvalue weighted by molar-refractivity contribution is 0.394. The molecule has 0 saturated carbocycles. The molecule has 3 nitrogen and oxygen atoms in total. The van der Waals surface area contributed by atoms with E-state index in [9.17, 15) is 4.91 Å². The minimum absolute atomic E-state index is 0.0103. The third-order valence-corrected chi connectivity index (χ3v) is 3.09. The van der Waals surface area contributed by atoms with E-state index in [1.54, 1.807) is 7.11 Å². The summed E-state index contributed by atoms with van der Waals surface area (Å²) in [6.45, 7) is 12.6. The van der Waals surface area contributed by atoms with Crippen LogP contribution in [-0.2, 0) is 11.8 Å². The Morgan fingerprint density at radius 1 is 1.37 bits per heavy atom. The number of nitroso groups, excluding NO2 is 1. The minimum Gasteiger partial charge on any atom is -0.496 e. The molecule has 0 saturated heterocycles. The van der Waals surface area contributed by atoms with Crippen molar-refractivity contribution in [2.24, 2.45) is 5.18 Å². The SMILES string of the molecule is C=C(CN=O)Cc1cc(C)c(OC)c(C(C)(C)C)c1. The Balaban J connectivity index is 3.20. The van der Waals surface area contributed by atoms with Gasteiger partial charge in [-0.3, -0.25) is 0 Å². The van der Waals surface area contributed by atoms with E-state index in [1.165, 1.54) is 5.56 Å². The van der Waals surface area contributed by atoms with Crippen LogP contribution in [0.1, 0.15) is 37.5 Å². The summed E-state index contributed by atoms with van der Waals surface area (Å²) in [7, 11) is 1.70. The van der Waals surface area contributed by atoms with Gasteiger partial charge in [0.25, 0.3) is 0 Å². The molecule has 0 aromatic heterocycles. The monoisotopic (exact) mass is 261 g/mol. The van der Waals surface area contributed by atoms with Crippen molar-refractivity contribution in [3.63, 3.8) is 0 Å². The van der Waals surface area contributed by atoms with Crippen LogP contribution in [0.2, 0.25) is 0 Å². The van der Waals surface area contributed by atoms with Crippen LogP contribution in [0.4, 0.5) is 0 Å². The number of hydrogen-bond acceptors (Lipinski definition) is 3. The maximum Gasteiger partial charge on any atom is 0.125 e. The highest BCUT2D eigenvalue weighted by Crippen LogP contribution is 2.35. The highest BCUT2D eigenvalue weighted by atomic mass is 16.5. The zero-order valence-corrected chi connectivity index (χ0v) is 12.5. The number of rotatable bonds is 5. The van der Waals surface area contributed by atoms with Gasteiger partial charge in [-0.05, 0) is 35.5 Å². The standard InChI is InChI=1S/C16H23NO2/c1-11(10-17-18)7-13-8-12(2)15(19-6)14(9-13)16(3,4)5/h8-9H,1,7,10H2,2-6H3.